The van der Waals surface area contributed by atoms with Gasteiger partial charge in [-0.3, -0.25) is 0 Å². The van der Waals surface area contributed by atoms with Crippen LogP contribution in [0, 0.1) is 5.92 Å². The van der Waals surface area contributed by atoms with Crippen molar-refractivity contribution in [3.8, 4) is 11.1 Å². The Kier molecular flexibility index (Phi) is 7.29. The van der Waals surface area contributed by atoms with Crippen molar-refractivity contribution in [1.82, 2.24) is 0 Å². The molecule has 6 aromatic rings. The van der Waals surface area contributed by atoms with Crippen LogP contribution in [0.3, 0.4) is 0 Å². The molecule has 0 N–H and O–H groups in total. The lowest BCUT2D eigenvalue weighted by molar-refractivity contribution is 0.456. The van der Waals surface area contributed by atoms with Crippen LogP contribution in [0.25, 0.3) is 49.4 Å². The predicted octanol–water partition coefficient (Wildman–Crippen LogP) is 14.0. The van der Waals surface area contributed by atoms with Crippen LogP contribution in [-0.4, -0.2) is 0 Å². The molecule has 1 nitrogen and oxygen atoms in total. The molecule has 256 valence electrons. The van der Waals surface area contributed by atoms with E-state index < -0.39 is 0 Å². The summed E-state index contributed by atoms with van der Waals surface area (Å²) in [4.78, 5) is 0. The van der Waals surface area contributed by atoms with Crippen LogP contribution in [0.5, 0.6) is 0 Å². The minimum Gasteiger partial charge on any atom is -0.455 e. The van der Waals surface area contributed by atoms with E-state index in [1.54, 1.807) is 16.7 Å². The summed E-state index contributed by atoms with van der Waals surface area (Å²) in [5.41, 5.74) is 17.5. The number of allylic oxidation sites excluding steroid dienone is 14. The molecule has 0 bridgehead atoms. The van der Waals surface area contributed by atoms with Crippen molar-refractivity contribution in [2.45, 2.75) is 56.8 Å². The first-order valence-electron chi connectivity index (χ1n) is 19.7. The standard InChI is InChI=1S/C52H42O/c1-3-11-33(12-4-1)37-22-26-51-49(31-37)50-32-48(44-17-9-10-18-47(44)52(50)53-51)41-29-39(34-13-5-2-6-14-34)28-40(30-41)36-20-23-43-38(27-36)21-25-45-42-16-8-7-15-35(42)19-24-46(43)45/h1,3-5,7,9-15,17-20,22-24,26-29,31-32,41,45-46H,2,6,8,16,21,25,30H2. The second-order valence-electron chi connectivity index (χ2n) is 15.7. The van der Waals surface area contributed by atoms with Crippen LogP contribution >= 0.6 is 0 Å². The molecule has 0 spiro atoms. The SMILES string of the molecule is C1=CC(C2=CC(c3cc4c5cc(-c6ccccc6)ccc5oc4c4ccccc34)CC(c3ccc4c(c3)CCC3C5=C(C=CCC5)C=CC43)=C2)=CCC1. The highest BCUT2D eigenvalue weighted by Gasteiger charge is 2.34. The predicted molar refractivity (Wildman–Crippen MR) is 222 cm³/mol. The zero-order chi connectivity index (χ0) is 34.9. The fourth-order valence-corrected chi connectivity index (χ4v) is 10.1. The Balaban J connectivity index is 1.03. The monoisotopic (exact) mass is 682 g/mol. The number of benzene rings is 5. The molecular weight excluding hydrogens is 641 g/mol. The van der Waals surface area contributed by atoms with Crippen molar-refractivity contribution < 1.29 is 4.42 Å². The Bertz CT molecular complexity index is 2700. The Labute approximate surface area is 311 Å². The van der Waals surface area contributed by atoms with Gasteiger partial charge in [-0.05, 0) is 130 Å². The average molecular weight is 683 g/mol. The third kappa shape index (κ3) is 5.20. The number of hydrogen-bond acceptors (Lipinski definition) is 1. The number of rotatable bonds is 4. The van der Waals surface area contributed by atoms with Gasteiger partial charge in [0.1, 0.15) is 11.2 Å². The van der Waals surface area contributed by atoms with Crippen molar-refractivity contribution in [2.24, 2.45) is 5.92 Å². The summed E-state index contributed by atoms with van der Waals surface area (Å²) < 4.78 is 6.67. The van der Waals surface area contributed by atoms with Crippen molar-refractivity contribution in [3.63, 3.8) is 0 Å². The zero-order valence-electron chi connectivity index (χ0n) is 30.0. The van der Waals surface area contributed by atoms with E-state index in [9.17, 15) is 0 Å². The van der Waals surface area contributed by atoms with E-state index in [0.29, 0.717) is 11.8 Å². The summed E-state index contributed by atoms with van der Waals surface area (Å²) in [6.07, 6.45) is 29.8. The van der Waals surface area contributed by atoms with Gasteiger partial charge in [-0.15, -0.1) is 0 Å². The Morgan fingerprint density at radius 3 is 2.38 bits per heavy atom. The van der Waals surface area contributed by atoms with Gasteiger partial charge < -0.3 is 4.42 Å². The number of hydrogen-bond donors (Lipinski definition) is 0. The van der Waals surface area contributed by atoms with Crippen LogP contribution in [0.1, 0.15) is 72.6 Å². The van der Waals surface area contributed by atoms with Gasteiger partial charge in [-0.2, -0.15) is 0 Å². The van der Waals surface area contributed by atoms with E-state index in [1.807, 2.05) is 0 Å². The molecule has 0 saturated heterocycles. The van der Waals surface area contributed by atoms with E-state index in [2.05, 4.69) is 152 Å². The molecular formula is C52H42O. The fourth-order valence-electron chi connectivity index (χ4n) is 10.1. The lowest BCUT2D eigenvalue weighted by Crippen LogP contribution is -2.25. The topological polar surface area (TPSA) is 13.1 Å². The number of furan rings is 1. The first kappa shape index (κ1) is 30.9. The maximum atomic E-state index is 6.67. The lowest BCUT2D eigenvalue weighted by atomic mass is 9.66. The highest BCUT2D eigenvalue weighted by molar-refractivity contribution is 6.16. The number of aryl methyl sites for hydroxylation is 1. The van der Waals surface area contributed by atoms with Gasteiger partial charge in [0.15, 0.2) is 0 Å². The van der Waals surface area contributed by atoms with Gasteiger partial charge in [-0.1, -0.05) is 139 Å². The molecule has 0 radical (unpaired) electrons. The van der Waals surface area contributed by atoms with E-state index in [1.165, 1.54) is 85.4 Å². The third-order valence-corrected chi connectivity index (χ3v) is 12.7. The van der Waals surface area contributed by atoms with Gasteiger partial charge in [0.05, 0.1) is 0 Å². The van der Waals surface area contributed by atoms with Gasteiger partial charge >= 0.3 is 0 Å². The highest BCUT2D eigenvalue weighted by Crippen LogP contribution is 2.49. The normalized spacial score (nSPS) is 22.0. The maximum Gasteiger partial charge on any atom is 0.143 e. The summed E-state index contributed by atoms with van der Waals surface area (Å²) in [6.45, 7) is 0. The first-order chi connectivity index (χ1) is 26.2. The van der Waals surface area contributed by atoms with Crippen molar-refractivity contribution in [1.29, 1.82) is 0 Å². The quantitative estimate of drug-likeness (QED) is 0.180. The van der Waals surface area contributed by atoms with Gasteiger partial charge in [0, 0.05) is 28.0 Å². The molecule has 0 saturated carbocycles. The summed E-state index contributed by atoms with van der Waals surface area (Å²) in [7, 11) is 0. The molecule has 53 heavy (non-hydrogen) atoms. The fraction of sp³-hybridized carbons (Fsp3) is 0.192. The van der Waals surface area contributed by atoms with Gasteiger partial charge in [-0.25, -0.2) is 0 Å². The Hall–Kier alpha value is -5.66. The molecule has 11 rings (SSSR count). The second-order valence-corrected chi connectivity index (χ2v) is 15.7. The molecule has 0 amide bonds. The summed E-state index contributed by atoms with van der Waals surface area (Å²) >= 11 is 0. The molecule has 1 heterocycles. The van der Waals surface area contributed by atoms with Crippen LogP contribution < -0.4 is 0 Å². The largest absolute Gasteiger partial charge is 0.455 e. The lowest BCUT2D eigenvalue weighted by Gasteiger charge is -2.38. The summed E-state index contributed by atoms with van der Waals surface area (Å²) in [6, 6.07) is 36.1. The summed E-state index contributed by atoms with van der Waals surface area (Å²) in [5, 5.41) is 4.85. The molecule has 3 atom stereocenters. The van der Waals surface area contributed by atoms with Gasteiger partial charge in [0.25, 0.3) is 0 Å². The van der Waals surface area contributed by atoms with E-state index in [4.69, 9.17) is 4.42 Å². The van der Waals surface area contributed by atoms with Crippen LogP contribution in [0.2, 0.25) is 0 Å². The first-order valence-corrected chi connectivity index (χ1v) is 19.7. The van der Waals surface area contributed by atoms with E-state index >= 15 is 0 Å². The number of fused-ring (bicyclic) bond motifs is 9. The van der Waals surface area contributed by atoms with Crippen molar-refractivity contribution in [3.05, 3.63) is 196 Å². The third-order valence-electron chi connectivity index (χ3n) is 12.7. The second kappa shape index (κ2) is 12.5. The highest BCUT2D eigenvalue weighted by atomic mass is 16.3. The zero-order valence-corrected chi connectivity index (χ0v) is 30.0. The Morgan fingerprint density at radius 1 is 0.604 bits per heavy atom. The van der Waals surface area contributed by atoms with E-state index in [0.717, 1.165) is 36.8 Å². The molecule has 5 aliphatic rings. The van der Waals surface area contributed by atoms with Crippen LogP contribution in [-0.2, 0) is 6.42 Å². The minimum absolute atomic E-state index is 0.226. The van der Waals surface area contributed by atoms with Crippen molar-refractivity contribution in [2.75, 3.05) is 0 Å². The minimum atomic E-state index is 0.226. The molecule has 3 unspecified atom stereocenters. The molecule has 0 aliphatic heterocycles. The van der Waals surface area contributed by atoms with E-state index in [-0.39, 0.29) is 5.92 Å². The van der Waals surface area contributed by atoms with Gasteiger partial charge in [0.2, 0.25) is 0 Å². The van der Waals surface area contributed by atoms with Crippen LogP contribution in [0.4, 0.5) is 0 Å². The molecule has 0 fully saturated rings. The average Bonchev–Trinajstić information content (AvgIpc) is 3.61. The summed E-state index contributed by atoms with van der Waals surface area (Å²) in [5.74, 6) is 1.38. The molecule has 5 aliphatic carbocycles. The molecule has 5 aromatic carbocycles. The molecule has 1 aromatic heterocycles. The molecule has 1 heteroatoms. The Morgan fingerprint density at radius 2 is 1.47 bits per heavy atom. The maximum absolute atomic E-state index is 6.67. The van der Waals surface area contributed by atoms with Crippen molar-refractivity contribution >= 4 is 38.3 Å². The smallest absolute Gasteiger partial charge is 0.143 e. The van der Waals surface area contributed by atoms with Crippen LogP contribution in [0.15, 0.2) is 178 Å².